The zero-order valence-corrected chi connectivity index (χ0v) is 18.9. The van der Waals surface area contributed by atoms with Crippen LogP contribution in [0.15, 0.2) is 29.3 Å². The van der Waals surface area contributed by atoms with E-state index in [0.717, 1.165) is 12.5 Å². The molecular formula is C19H30F3IN4O. The first-order chi connectivity index (χ1) is 12.8. The Kier molecular flexibility index (Phi) is 12.9. The van der Waals surface area contributed by atoms with Crippen LogP contribution in [0.1, 0.15) is 50.2 Å². The maximum Gasteiger partial charge on any atom is 0.416 e. The van der Waals surface area contributed by atoms with E-state index in [1.54, 1.807) is 13.1 Å². The summed E-state index contributed by atoms with van der Waals surface area (Å²) in [7, 11) is 1.63. The van der Waals surface area contributed by atoms with Crippen molar-refractivity contribution in [1.82, 2.24) is 16.0 Å². The van der Waals surface area contributed by atoms with Crippen molar-refractivity contribution in [3.05, 3.63) is 35.4 Å². The standard InChI is InChI=1S/C19H29F3N4O.HI/c1-4-10-24-17(27)9-12-26-18(23-3)25-11-8-14(2)15-6-5-7-16(13-15)19(20,21)22;/h5-7,13-14H,4,8-12H2,1-3H3,(H,24,27)(H2,23,25,26);1H. The van der Waals surface area contributed by atoms with Gasteiger partial charge in [0.15, 0.2) is 5.96 Å². The van der Waals surface area contributed by atoms with Gasteiger partial charge in [0.2, 0.25) is 5.91 Å². The van der Waals surface area contributed by atoms with Gasteiger partial charge in [0.05, 0.1) is 5.56 Å². The van der Waals surface area contributed by atoms with E-state index in [9.17, 15) is 18.0 Å². The third-order valence-corrected chi connectivity index (χ3v) is 4.09. The van der Waals surface area contributed by atoms with E-state index in [-0.39, 0.29) is 35.8 Å². The number of halogens is 4. The van der Waals surface area contributed by atoms with Gasteiger partial charge in [-0.15, -0.1) is 24.0 Å². The van der Waals surface area contributed by atoms with Crippen molar-refractivity contribution in [2.24, 2.45) is 4.99 Å². The fourth-order valence-corrected chi connectivity index (χ4v) is 2.46. The molecule has 3 N–H and O–H groups in total. The van der Waals surface area contributed by atoms with Crippen LogP contribution in [-0.2, 0) is 11.0 Å². The van der Waals surface area contributed by atoms with Crippen molar-refractivity contribution in [1.29, 1.82) is 0 Å². The van der Waals surface area contributed by atoms with Crippen molar-refractivity contribution in [2.45, 2.75) is 45.2 Å². The molecule has 0 radical (unpaired) electrons. The largest absolute Gasteiger partial charge is 0.416 e. The molecule has 1 unspecified atom stereocenters. The molecule has 9 heteroatoms. The Hall–Kier alpha value is -1.52. The minimum absolute atomic E-state index is 0. The van der Waals surface area contributed by atoms with Crippen LogP contribution in [0, 0.1) is 0 Å². The Labute approximate surface area is 182 Å². The average molecular weight is 514 g/mol. The number of nitrogens with one attached hydrogen (secondary N) is 3. The third kappa shape index (κ3) is 10.1. The SMILES string of the molecule is CCCNC(=O)CCNC(=NC)NCCC(C)c1cccc(C(F)(F)F)c1.I. The van der Waals surface area contributed by atoms with Crippen LogP contribution in [0.5, 0.6) is 0 Å². The first-order valence-corrected chi connectivity index (χ1v) is 9.16. The highest BCUT2D eigenvalue weighted by atomic mass is 127. The Morgan fingerprint density at radius 1 is 1.14 bits per heavy atom. The van der Waals surface area contributed by atoms with Crippen LogP contribution in [0.4, 0.5) is 13.2 Å². The lowest BCUT2D eigenvalue weighted by Crippen LogP contribution is -2.40. The van der Waals surface area contributed by atoms with Crippen molar-refractivity contribution in [3.8, 4) is 0 Å². The van der Waals surface area contributed by atoms with Gasteiger partial charge in [-0.25, -0.2) is 0 Å². The number of aliphatic imine (C=N–C) groups is 1. The molecule has 1 atom stereocenters. The number of hydrogen-bond acceptors (Lipinski definition) is 2. The van der Waals surface area contributed by atoms with Crippen LogP contribution in [0.2, 0.25) is 0 Å². The maximum absolute atomic E-state index is 12.8. The van der Waals surface area contributed by atoms with Gasteiger partial charge in [-0.1, -0.05) is 32.0 Å². The fourth-order valence-electron chi connectivity index (χ4n) is 2.46. The molecule has 0 saturated heterocycles. The monoisotopic (exact) mass is 514 g/mol. The summed E-state index contributed by atoms with van der Waals surface area (Å²) in [5, 5.41) is 8.96. The van der Waals surface area contributed by atoms with Crippen molar-refractivity contribution in [3.63, 3.8) is 0 Å². The lowest BCUT2D eigenvalue weighted by atomic mass is 9.96. The van der Waals surface area contributed by atoms with Crippen LogP contribution in [0.25, 0.3) is 0 Å². The maximum atomic E-state index is 12.8. The minimum Gasteiger partial charge on any atom is -0.356 e. The van der Waals surface area contributed by atoms with E-state index >= 15 is 0 Å². The second kappa shape index (κ2) is 13.6. The van der Waals surface area contributed by atoms with E-state index in [4.69, 9.17) is 0 Å². The molecule has 0 aliphatic rings. The number of alkyl halides is 3. The summed E-state index contributed by atoms with van der Waals surface area (Å²) in [6.45, 7) is 5.56. The number of hydrogen-bond donors (Lipinski definition) is 3. The summed E-state index contributed by atoms with van der Waals surface area (Å²) in [5.74, 6) is 0.519. The zero-order chi connectivity index (χ0) is 20.3. The fraction of sp³-hybridized carbons (Fsp3) is 0.579. The van der Waals surface area contributed by atoms with E-state index in [1.807, 2.05) is 13.8 Å². The van der Waals surface area contributed by atoms with Crippen LogP contribution >= 0.6 is 24.0 Å². The molecular weight excluding hydrogens is 484 g/mol. The summed E-state index contributed by atoms with van der Waals surface area (Å²) < 4.78 is 38.4. The highest BCUT2D eigenvalue weighted by Gasteiger charge is 2.30. The molecule has 0 spiro atoms. The summed E-state index contributed by atoms with van der Waals surface area (Å²) >= 11 is 0. The zero-order valence-electron chi connectivity index (χ0n) is 16.5. The molecule has 1 amide bonds. The van der Waals surface area contributed by atoms with Crippen LogP contribution < -0.4 is 16.0 Å². The molecule has 1 aromatic rings. The lowest BCUT2D eigenvalue weighted by molar-refractivity contribution is -0.137. The number of amides is 1. The van der Waals surface area contributed by atoms with Gasteiger partial charge >= 0.3 is 6.18 Å². The molecule has 0 heterocycles. The molecule has 0 aliphatic carbocycles. The third-order valence-electron chi connectivity index (χ3n) is 4.09. The molecule has 0 bridgehead atoms. The summed E-state index contributed by atoms with van der Waals surface area (Å²) in [6.07, 6.45) is -2.43. The minimum atomic E-state index is -4.33. The summed E-state index contributed by atoms with van der Waals surface area (Å²) in [6, 6.07) is 5.43. The van der Waals surface area contributed by atoms with E-state index in [1.165, 1.54) is 12.1 Å². The van der Waals surface area contributed by atoms with E-state index in [2.05, 4.69) is 20.9 Å². The Balaban J connectivity index is 0.00000729. The van der Waals surface area contributed by atoms with Crippen molar-refractivity contribution >= 4 is 35.8 Å². The van der Waals surface area contributed by atoms with Gasteiger partial charge < -0.3 is 16.0 Å². The molecule has 28 heavy (non-hydrogen) atoms. The Morgan fingerprint density at radius 3 is 2.43 bits per heavy atom. The second-order valence-corrected chi connectivity index (χ2v) is 6.34. The summed E-state index contributed by atoms with van der Waals surface area (Å²) in [5.41, 5.74) is 0.0285. The molecule has 1 rings (SSSR count). The summed E-state index contributed by atoms with van der Waals surface area (Å²) in [4.78, 5) is 15.6. The van der Waals surface area contributed by atoms with Crippen molar-refractivity contribution < 1.29 is 18.0 Å². The quantitative estimate of drug-likeness (QED) is 0.266. The first-order valence-electron chi connectivity index (χ1n) is 9.16. The molecule has 0 saturated carbocycles. The Bertz CT molecular complexity index is 623. The highest BCUT2D eigenvalue weighted by molar-refractivity contribution is 14.0. The van der Waals surface area contributed by atoms with Crippen LogP contribution in [-0.4, -0.2) is 38.5 Å². The second-order valence-electron chi connectivity index (χ2n) is 6.34. The smallest absolute Gasteiger partial charge is 0.356 e. The molecule has 160 valence electrons. The predicted molar refractivity (Wildman–Crippen MR) is 117 cm³/mol. The van der Waals surface area contributed by atoms with E-state index < -0.39 is 11.7 Å². The number of guanidine groups is 1. The molecule has 0 fully saturated rings. The van der Waals surface area contributed by atoms with E-state index in [0.29, 0.717) is 44.0 Å². The Morgan fingerprint density at radius 2 is 1.82 bits per heavy atom. The van der Waals surface area contributed by atoms with Gasteiger partial charge in [0, 0.05) is 33.1 Å². The number of benzene rings is 1. The number of carbonyl (C=O) groups is 1. The van der Waals surface area contributed by atoms with Gasteiger partial charge in [0.25, 0.3) is 0 Å². The molecule has 1 aromatic carbocycles. The molecule has 0 aliphatic heterocycles. The van der Waals surface area contributed by atoms with Gasteiger partial charge in [0.1, 0.15) is 0 Å². The van der Waals surface area contributed by atoms with Crippen LogP contribution in [0.3, 0.4) is 0 Å². The van der Waals surface area contributed by atoms with Gasteiger partial charge in [-0.05, 0) is 30.4 Å². The molecule has 0 aromatic heterocycles. The van der Waals surface area contributed by atoms with Crippen molar-refractivity contribution in [2.75, 3.05) is 26.7 Å². The molecule has 5 nitrogen and oxygen atoms in total. The lowest BCUT2D eigenvalue weighted by Gasteiger charge is -2.16. The van der Waals surface area contributed by atoms with Gasteiger partial charge in [-0.2, -0.15) is 13.2 Å². The number of carbonyl (C=O) groups excluding carboxylic acids is 1. The number of rotatable bonds is 9. The average Bonchev–Trinajstić information content (AvgIpc) is 2.64. The number of nitrogens with zero attached hydrogens (tertiary/aromatic N) is 1. The highest BCUT2D eigenvalue weighted by Crippen LogP contribution is 2.31. The van der Waals surface area contributed by atoms with Gasteiger partial charge in [-0.3, -0.25) is 9.79 Å². The normalized spacial score (nSPS) is 12.7. The first kappa shape index (κ1) is 26.5. The predicted octanol–water partition coefficient (Wildman–Crippen LogP) is 3.90. The topological polar surface area (TPSA) is 65.5 Å².